The van der Waals surface area contributed by atoms with Gasteiger partial charge in [0.15, 0.2) is 0 Å². The van der Waals surface area contributed by atoms with Crippen LogP contribution in [0.5, 0.6) is 5.75 Å². The first-order valence-corrected chi connectivity index (χ1v) is 12.3. The molecule has 1 fully saturated rings. The summed E-state index contributed by atoms with van der Waals surface area (Å²) < 4.78 is 11.0. The van der Waals surface area contributed by atoms with E-state index in [1.54, 1.807) is 12.0 Å². The molecule has 0 atom stereocenters. The molecule has 0 bridgehead atoms. The molecule has 2 aromatic rings. The molecule has 3 N–H and O–H groups in total. The van der Waals surface area contributed by atoms with Gasteiger partial charge in [0.1, 0.15) is 11.9 Å². The van der Waals surface area contributed by atoms with Crippen LogP contribution in [-0.4, -0.2) is 47.9 Å². The third-order valence-electron chi connectivity index (χ3n) is 6.86. The molecule has 192 valence electrons. The number of ether oxygens (including phenoxy) is 2. The number of carbonyl (C=O) groups is 3. The van der Waals surface area contributed by atoms with Crippen LogP contribution in [0, 0.1) is 12.8 Å². The number of aliphatic carboxylic acids is 1. The van der Waals surface area contributed by atoms with E-state index in [0.29, 0.717) is 49.5 Å². The Morgan fingerprint density at radius 3 is 2.53 bits per heavy atom. The Morgan fingerprint density at radius 2 is 1.81 bits per heavy atom. The second-order valence-corrected chi connectivity index (χ2v) is 9.56. The highest BCUT2D eigenvalue weighted by atomic mass is 16.6. The summed E-state index contributed by atoms with van der Waals surface area (Å²) in [6, 6.07) is 10.9. The van der Waals surface area contributed by atoms with Gasteiger partial charge in [-0.2, -0.15) is 0 Å². The number of methoxy groups -OCH3 is 1. The summed E-state index contributed by atoms with van der Waals surface area (Å²) in [5, 5.41) is 14.7. The largest absolute Gasteiger partial charge is 0.495 e. The molecule has 36 heavy (non-hydrogen) atoms. The predicted octanol–water partition coefficient (Wildman–Crippen LogP) is 5.18. The van der Waals surface area contributed by atoms with Crippen molar-refractivity contribution in [2.75, 3.05) is 24.3 Å². The van der Waals surface area contributed by atoms with Crippen LogP contribution in [0.2, 0.25) is 0 Å². The number of nitrogens with zero attached hydrogens (tertiary/aromatic N) is 1. The summed E-state index contributed by atoms with van der Waals surface area (Å²) in [5.74, 6) is -0.0163. The molecule has 9 heteroatoms. The van der Waals surface area contributed by atoms with Crippen molar-refractivity contribution in [2.24, 2.45) is 5.92 Å². The van der Waals surface area contributed by atoms with Crippen molar-refractivity contribution in [2.45, 2.75) is 58.1 Å². The van der Waals surface area contributed by atoms with Crippen molar-refractivity contribution in [3.63, 3.8) is 0 Å². The van der Waals surface area contributed by atoms with Crippen molar-refractivity contribution < 1.29 is 29.0 Å². The molecule has 1 aliphatic carbocycles. The first kappa shape index (κ1) is 25.3. The normalized spacial score (nSPS) is 19.1. The van der Waals surface area contributed by atoms with Gasteiger partial charge in [0.2, 0.25) is 0 Å². The number of urea groups is 1. The van der Waals surface area contributed by atoms with Crippen LogP contribution in [0.15, 0.2) is 36.4 Å². The molecule has 2 aromatic carbocycles. The maximum absolute atomic E-state index is 12.7. The number of benzene rings is 2. The van der Waals surface area contributed by atoms with Gasteiger partial charge in [-0.25, -0.2) is 9.59 Å². The first-order valence-electron chi connectivity index (χ1n) is 12.3. The lowest BCUT2D eigenvalue weighted by atomic mass is 9.85. The van der Waals surface area contributed by atoms with Crippen LogP contribution in [0.4, 0.5) is 21.0 Å². The van der Waals surface area contributed by atoms with Gasteiger partial charge in [-0.15, -0.1) is 0 Å². The van der Waals surface area contributed by atoms with Gasteiger partial charge < -0.3 is 30.1 Å². The van der Waals surface area contributed by atoms with E-state index in [4.69, 9.17) is 14.6 Å². The number of rotatable bonds is 6. The summed E-state index contributed by atoms with van der Waals surface area (Å²) in [6.45, 7) is 2.93. The van der Waals surface area contributed by atoms with Gasteiger partial charge in [-0.05, 0) is 85.9 Å². The Morgan fingerprint density at radius 1 is 1.03 bits per heavy atom. The van der Waals surface area contributed by atoms with E-state index in [9.17, 15) is 14.4 Å². The molecule has 0 unspecified atom stereocenters. The molecule has 3 amide bonds. The zero-order valence-corrected chi connectivity index (χ0v) is 20.7. The Balaban J connectivity index is 1.29. The van der Waals surface area contributed by atoms with E-state index in [2.05, 4.69) is 10.6 Å². The number of hydrogen-bond acceptors (Lipinski definition) is 5. The number of carboxylic acid groups (broad SMARTS) is 1. The lowest BCUT2D eigenvalue weighted by molar-refractivity contribution is -0.138. The Bertz CT molecular complexity index is 1130. The summed E-state index contributed by atoms with van der Waals surface area (Å²) in [5.41, 5.74) is 4.38. The summed E-state index contributed by atoms with van der Waals surface area (Å²) in [7, 11) is 1.56. The van der Waals surface area contributed by atoms with Crippen molar-refractivity contribution in [3.05, 3.63) is 53.1 Å². The summed E-state index contributed by atoms with van der Waals surface area (Å²) in [6.07, 6.45) is 3.33. The Labute approximate surface area is 210 Å². The van der Waals surface area contributed by atoms with Gasteiger partial charge in [0.25, 0.3) is 0 Å². The smallest absolute Gasteiger partial charge is 0.410 e. The number of hydrogen-bond donors (Lipinski definition) is 3. The predicted molar refractivity (Wildman–Crippen MR) is 135 cm³/mol. The molecule has 1 saturated carbocycles. The van der Waals surface area contributed by atoms with Gasteiger partial charge in [0.05, 0.1) is 12.8 Å². The number of anilines is 2. The van der Waals surface area contributed by atoms with Gasteiger partial charge in [-0.3, -0.25) is 4.79 Å². The second-order valence-electron chi connectivity index (χ2n) is 9.56. The maximum Gasteiger partial charge on any atom is 0.410 e. The van der Waals surface area contributed by atoms with Crippen LogP contribution in [0.1, 0.15) is 48.8 Å². The second kappa shape index (κ2) is 11.3. The standard InChI is InChI=1S/C27H33N3O6/c1-17-3-10-24(35-2)23(13-17)29-26(33)28-21-7-6-20-16-30(12-11-19(20)15-21)27(34)36-22-8-4-18(5-9-22)14-25(31)32/h3,6-7,10,13,15,18,22H,4-5,8-9,11-12,14,16H2,1-2H3,(H,31,32)(H2,28,29,33). The third-order valence-corrected chi connectivity index (χ3v) is 6.86. The average Bonchev–Trinajstić information content (AvgIpc) is 2.84. The van der Waals surface area contributed by atoms with Crippen molar-refractivity contribution in [3.8, 4) is 5.75 Å². The Hall–Kier alpha value is -3.75. The molecule has 0 radical (unpaired) electrons. The minimum atomic E-state index is -0.770. The highest BCUT2D eigenvalue weighted by Gasteiger charge is 2.28. The molecule has 1 heterocycles. The number of amides is 3. The van der Waals surface area contributed by atoms with Crippen LogP contribution in [-0.2, 0) is 22.5 Å². The van der Waals surface area contributed by atoms with E-state index in [0.717, 1.165) is 29.5 Å². The minimum Gasteiger partial charge on any atom is -0.495 e. The van der Waals surface area contributed by atoms with Gasteiger partial charge in [0, 0.05) is 25.2 Å². The average molecular weight is 496 g/mol. The lowest BCUT2D eigenvalue weighted by Crippen LogP contribution is -2.39. The SMILES string of the molecule is COc1ccc(C)cc1NC(=O)Nc1ccc2c(c1)CCN(C(=O)OC1CCC(CC(=O)O)CC1)C2. The quantitative estimate of drug-likeness (QED) is 0.509. The number of carbonyl (C=O) groups excluding carboxylic acids is 2. The molecule has 0 spiro atoms. The zero-order chi connectivity index (χ0) is 25.7. The molecule has 1 aliphatic heterocycles. The highest BCUT2D eigenvalue weighted by molar-refractivity contribution is 6.00. The number of fused-ring (bicyclic) bond motifs is 1. The van der Waals surface area contributed by atoms with Crippen LogP contribution in [0.3, 0.4) is 0 Å². The van der Waals surface area contributed by atoms with E-state index < -0.39 is 5.97 Å². The highest BCUT2D eigenvalue weighted by Crippen LogP contribution is 2.30. The topological polar surface area (TPSA) is 117 Å². The monoisotopic (exact) mass is 495 g/mol. The molecule has 4 rings (SSSR count). The van der Waals surface area contributed by atoms with Crippen LogP contribution >= 0.6 is 0 Å². The van der Waals surface area contributed by atoms with Gasteiger partial charge >= 0.3 is 18.1 Å². The summed E-state index contributed by atoms with van der Waals surface area (Å²) >= 11 is 0. The number of aryl methyl sites for hydroxylation is 1. The van der Waals surface area contributed by atoms with Crippen LogP contribution < -0.4 is 15.4 Å². The van der Waals surface area contributed by atoms with Crippen LogP contribution in [0.25, 0.3) is 0 Å². The molecule has 0 saturated heterocycles. The summed E-state index contributed by atoms with van der Waals surface area (Å²) in [4.78, 5) is 37.9. The third kappa shape index (κ3) is 6.47. The fourth-order valence-electron chi connectivity index (χ4n) is 4.91. The fraction of sp³-hybridized carbons (Fsp3) is 0.444. The van der Waals surface area contributed by atoms with Crippen molar-refractivity contribution in [1.29, 1.82) is 0 Å². The zero-order valence-electron chi connectivity index (χ0n) is 20.7. The molecular formula is C27H33N3O6. The molecule has 0 aromatic heterocycles. The van der Waals surface area contributed by atoms with E-state index in [1.807, 2.05) is 43.3 Å². The van der Waals surface area contributed by atoms with E-state index >= 15 is 0 Å². The number of carboxylic acids is 1. The minimum absolute atomic E-state index is 0.152. The Kier molecular flexibility index (Phi) is 7.97. The van der Waals surface area contributed by atoms with Crippen molar-refractivity contribution in [1.82, 2.24) is 4.90 Å². The molecule has 2 aliphatic rings. The molecule has 9 nitrogen and oxygen atoms in total. The fourth-order valence-corrected chi connectivity index (χ4v) is 4.91. The lowest BCUT2D eigenvalue weighted by Gasteiger charge is -2.32. The number of nitrogens with one attached hydrogen (secondary N) is 2. The molecular weight excluding hydrogens is 462 g/mol. The maximum atomic E-state index is 12.7. The van der Waals surface area contributed by atoms with E-state index in [1.165, 1.54) is 0 Å². The van der Waals surface area contributed by atoms with Crippen molar-refractivity contribution >= 4 is 29.5 Å². The first-order chi connectivity index (χ1) is 17.3. The van der Waals surface area contributed by atoms with E-state index in [-0.39, 0.29) is 30.6 Å². The van der Waals surface area contributed by atoms with Gasteiger partial charge in [-0.1, -0.05) is 12.1 Å².